The zero-order chi connectivity index (χ0) is 12.8. The average molecular weight is 237 g/mol. The van der Waals surface area contributed by atoms with Crippen molar-refractivity contribution in [3.8, 4) is 0 Å². The number of benzene rings is 1. The van der Waals surface area contributed by atoms with Gasteiger partial charge in [0.25, 0.3) is 0 Å². The molecule has 0 radical (unpaired) electrons. The molecule has 1 aromatic carbocycles. The van der Waals surface area contributed by atoms with Gasteiger partial charge in [-0.05, 0) is 38.7 Å². The molecule has 0 amide bonds. The molecule has 0 saturated carbocycles. The van der Waals surface area contributed by atoms with Crippen LogP contribution in [0.5, 0.6) is 0 Å². The van der Waals surface area contributed by atoms with Crippen molar-refractivity contribution in [2.24, 2.45) is 5.92 Å². The standard InChI is InChI=1S/C15H24FN/c1-11(2)9-10-12(3)17-13(4)14-7-5-6-8-15(14)16/h5-8,11-13,17H,9-10H2,1-4H3/t12?,13-/m1/s1. The Labute approximate surface area is 104 Å². The van der Waals surface area contributed by atoms with Gasteiger partial charge in [-0.2, -0.15) is 0 Å². The van der Waals surface area contributed by atoms with Crippen LogP contribution in [0.3, 0.4) is 0 Å². The van der Waals surface area contributed by atoms with Gasteiger partial charge in [-0.1, -0.05) is 32.0 Å². The second kappa shape index (κ2) is 6.75. The zero-order valence-electron chi connectivity index (χ0n) is 11.3. The minimum Gasteiger partial charge on any atom is -0.308 e. The van der Waals surface area contributed by atoms with Crippen molar-refractivity contribution in [2.45, 2.75) is 52.6 Å². The van der Waals surface area contributed by atoms with Gasteiger partial charge in [0, 0.05) is 17.6 Å². The third-order valence-corrected chi connectivity index (χ3v) is 3.08. The number of hydrogen-bond donors (Lipinski definition) is 1. The lowest BCUT2D eigenvalue weighted by atomic mass is 10.0. The molecule has 0 aliphatic carbocycles. The van der Waals surface area contributed by atoms with Gasteiger partial charge in [-0.25, -0.2) is 4.39 Å². The summed E-state index contributed by atoms with van der Waals surface area (Å²) in [5.74, 6) is 0.603. The zero-order valence-corrected chi connectivity index (χ0v) is 11.3. The molecule has 1 unspecified atom stereocenters. The van der Waals surface area contributed by atoms with Gasteiger partial charge in [-0.15, -0.1) is 0 Å². The highest BCUT2D eigenvalue weighted by Crippen LogP contribution is 2.17. The van der Waals surface area contributed by atoms with Crippen LogP contribution < -0.4 is 5.32 Å². The molecule has 0 bridgehead atoms. The maximum atomic E-state index is 13.6. The molecule has 0 spiro atoms. The van der Waals surface area contributed by atoms with Crippen molar-refractivity contribution in [3.05, 3.63) is 35.6 Å². The van der Waals surface area contributed by atoms with E-state index in [1.54, 1.807) is 6.07 Å². The molecule has 2 atom stereocenters. The van der Waals surface area contributed by atoms with E-state index in [1.807, 2.05) is 19.1 Å². The fraction of sp³-hybridized carbons (Fsp3) is 0.600. The van der Waals surface area contributed by atoms with Crippen LogP contribution in [0.4, 0.5) is 4.39 Å². The maximum absolute atomic E-state index is 13.6. The third kappa shape index (κ3) is 4.86. The van der Waals surface area contributed by atoms with Crippen molar-refractivity contribution in [3.63, 3.8) is 0 Å². The summed E-state index contributed by atoms with van der Waals surface area (Å²) in [6, 6.07) is 7.47. The van der Waals surface area contributed by atoms with Crippen molar-refractivity contribution in [1.82, 2.24) is 5.32 Å². The fourth-order valence-electron chi connectivity index (χ4n) is 2.01. The molecular formula is C15H24FN. The summed E-state index contributed by atoms with van der Waals surface area (Å²) in [4.78, 5) is 0. The lowest BCUT2D eigenvalue weighted by molar-refractivity contribution is 0.410. The SMILES string of the molecule is CC(C)CCC(C)N[C@H](C)c1ccccc1F. The molecule has 0 aliphatic rings. The number of rotatable bonds is 6. The molecular weight excluding hydrogens is 213 g/mol. The second-order valence-electron chi connectivity index (χ2n) is 5.28. The fourth-order valence-corrected chi connectivity index (χ4v) is 2.01. The number of hydrogen-bond acceptors (Lipinski definition) is 1. The average Bonchev–Trinajstić information content (AvgIpc) is 2.26. The quantitative estimate of drug-likeness (QED) is 0.777. The predicted molar refractivity (Wildman–Crippen MR) is 71.5 cm³/mol. The van der Waals surface area contributed by atoms with Crippen molar-refractivity contribution in [2.75, 3.05) is 0 Å². The first-order valence-corrected chi connectivity index (χ1v) is 6.51. The molecule has 2 heteroatoms. The highest BCUT2D eigenvalue weighted by molar-refractivity contribution is 5.20. The van der Waals surface area contributed by atoms with E-state index in [0.717, 1.165) is 17.9 Å². The summed E-state index contributed by atoms with van der Waals surface area (Å²) < 4.78 is 13.6. The van der Waals surface area contributed by atoms with Gasteiger partial charge in [0.1, 0.15) is 5.82 Å². The number of nitrogens with one attached hydrogen (secondary N) is 1. The van der Waals surface area contributed by atoms with Gasteiger partial charge >= 0.3 is 0 Å². The van der Waals surface area contributed by atoms with Crippen molar-refractivity contribution < 1.29 is 4.39 Å². The first-order valence-electron chi connectivity index (χ1n) is 6.51. The molecule has 0 aliphatic heterocycles. The van der Waals surface area contributed by atoms with E-state index in [-0.39, 0.29) is 11.9 Å². The Morgan fingerprint density at radius 1 is 1.06 bits per heavy atom. The third-order valence-electron chi connectivity index (χ3n) is 3.08. The van der Waals surface area contributed by atoms with Crippen LogP contribution in [-0.4, -0.2) is 6.04 Å². The van der Waals surface area contributed by atoms with Crippen LogP contribution >= 0.6 is 0 Å². The van der Waals surface area contributed by atoms with Gasteiger partial charge in [0.2, 0.25) is 0 Å². The summed E-state index contributed by atoms with van der Waals surface area (Å²) in [5.41, 5.74) is 0.754. The van der Waals surface area contributed by atoms with E-state index < -0.39 is 0 Å². The first-order chi connectivity index (χ1) is 8.00. The van der Waals surface area contributed by atoms with E-state index in [9.17, 15) is 4.39 Å². The summed E-state index contributed by atoms with van der Waals surface area (Å²) in [7, 11) is 0. The van der Waals surface area contributed by atoms with E-state index in [1.165, 1.54) is 12.5 Å². The summed E-state index contributed by atoms with van der Waals surface area (Å²) in [6.07, 6.45) is 2.34. The Kier molecular flexibility index (Phi) is 5.63. The van der Waals surface area contributed by atoms with Gasteiger partial charge < -0.3 is 5.32 Å². The maximum Gasteiger partial charge on any atom is 0.127 e. The molecule has 1 rings (SSSR count). The van der Waals surface area contributed by atoms with Gasteiger partial charge in [-0.3, -0.25) is 0 Å². The molecule has 1 aromatic rings. The molecule has 0 heterocycles. The highest BCUT2D eigenvalue weighted by Gasteiger charge is 2.12. The molecule has 0 saturated heterocycles. The minimum absolute atomic E-state index is 0.0679. The molecule has 0 aromatic heterocycles. The smallest absolute Gasteiger partial charge is 0.127 e. The Bertz CT molecular complexity index is 335. The largest absolute Gasteiger partial charge is 0.308 e. The Morgan fingerprint density at radius 2 is 1.71 bits per heavy atom. The first kappa shape index (κ1) is 14.2. The minimum atomic E-state index is -0.122. The van der Waals surface area contributed by atoms with Crippen LogP contribution in [0.1, 0.15) is 52.1 Å². The Morgan fingerprint density at radius 3 is 2.29 bits per heavy atom. The van der Waals surface area contributed by atoms with Crippen LogP contribution in [-0.2, 0) is 0 Å². The number of halogens is 1. The van der Waals surface area contributed by atoms with Gasteiger partial charge in [0.05, 0.1) is 0 Å². The molecule has 17 heavy (non-hydrogen) atoms. The van der Waals surface area contributed by atoms with E-state index in [4.69, 9.17) is 0 Å². The van der Waals surface area contributed by atoms with E-state index in [2.05, 4.69) is 26.1 Å². The molecule has 96 valence electrons. The predicted octanol–water partition coefficient (Wildman–Crippen LogP) is 4.30. The van der Waals surface area contributed by atoms with Crippen molar-refractivity contribution >= 4 is 0 Å². The highest BCUT2D eigenvalue weighted by atomic mass is 19.1. The second-order valence-corrected chi connectivity index (χ2v) is 5.28. The Hall–Kier alpha value is -0.890. The van der Waals surface area contributed by atoms with Crippen LogP contribution in [0, 0.1) is 11.7 Å². The van der Waals surface area contributed by atoms with E-state index in [0.29, 0.717) is 6.04 Å². The normalized spacial score (nSPS) is 14.9. The van der Waals surface area contributed by atoms with Crippen LogP contribution in [0.2, 0.25) is 0 Å². The Balaban J connectivity index is 2.49. The van der Waals surface area contributed by atoms with Crippen LogP contribution in [0.15, 0.2) is 24.3 Å². The monoisotopic (exact) mass is 237 g/mol. The lowest BCUT2D eigenvalue weighted by Gasteiger charge is -2.21. The van der Waals surface area contributed by atoms with Crippen molar-refractivity contribution in [1.29, 1.82) is 0 Å². The molecule has 1 nitrogen and oxygen atoms in total. The van der Waals surface area contributed by atoms with Gasteiger partial charge in [0.15, 0.2) is 0 Å². The van der Waals surface area contributed by atoms with Crippen LogP contribution in [0.25, 0.3) is 0 Å². The molecule has 1 N–H and O–H groups in total. The van der Waals surface area contributed by atoms with E-state index >= 15 is 0 Å². The summed E-state index contributed by atoms with van der Waals surface area (Å²) in [5, 5.41) is 3.45. The molecule has 0 fully saturated rings. The lowest BCUT2D eigenvalue weighted by Crippen LogP contribution is -2.29. The summed E-state index contributed by atoms with van der Waals surface area (Å²) in [6.45, 7) is 8.64. The summed E-state index contributed by atoms with van der Waals surface area (Å²) >= 11 is 0. The topological polar surface area (TPSA) is 12.0 Å².